The Kier molecular flexibility index (Phi) is 4.89. The van der Waals surface area contributed by atoms with Crippen molar-refractivity contribution in [2.24, 2.45) is 0 Å². The number of methoxy groups -OCH3 is 2. The second-order valence-corrected chi connectivity index (χ2v) is 6.60. The highest BCUT2D eigenvalue weighted by molar-refractivity contribution is 5.49. The quantitative estimate of drug-likeness (QED) is 0.852. The van der Waals surface area contributed by atoms with Crippen LogP contribution >= 0.6 is 0 Å². The molecule has 2 aliphatic rings. The molecule has 1 heterocycles. The summed E-state index contributed by atoms with van der Waals surface area (Å²) in [6.07, 6.45) is 3.73. The average molecular weight is 304 g/mol. The van der Waals surface area contributed by atoms with Crippen LogP contribution in [0.2, 0.25) is 0 Å². The Morgan fingerprint density at radius 2 is 1.73 bits per heavy atom. The lowest BCUT2D eigenvalue weighted by atomic mass is 9.82. The minimum Gasteiger partial charge on any atom is -0.493 e. The fourth-order valence-electron chi connectivity index (χ4n) is 3.76. The van der Waals surface area contributed by atoms with Gasteiger partial charge >= 0.3 is 0 Å². The summed E-state index contributed by atoms with van der Waals surface area (Å²) in [4.78, 5) is 5.04. The molecule has 122 valence electrons. The third-order valence-electron chi connectivity index (χ3n) is 5.16. The first-order valence-electron chi connectivity index (χ1n) is 8.37. The van der Waals surface area contributed by atoms with E-state index in [9.17, 15) is 0 Å². The molecule has 0 aromatic heterocycles. The largest absolute Gasteiger partial charge is 0.493 e. The van der Waals surface area contributed by atoms with Gasteiger partial charge in [0.25, 0.3) is 0 Å². The number of likely N-dealkylation sites (N-methyl/N-ethyl adjacent to an activating group) is 1. The van der Waals surface area contributed by atoms with E-state index in [1.165, 1.54) is 56.7 Å². The summed E-state index contributed by atoms with van der Waals surface area (Å²) in [5.74, 6) is 2.36. The van der Waals surface area contributed by atoms with Crippen molar-refractivity contribution in [3.8, 4) is 11.5 Å². The topological polar surface area (TPSA) is 24.9 Å². The molecule has 0 saturated carbocycles. The Morgan fingerprint density at radius 1 is 1.05 bits per heavy atom. The minimum absolute atomic E-state index is 0.631. The first kappa shape index (κ1) is 15.6. The van der Waals surface area contributed by atoms with Crippen molar-refractivity contribution >= 4 is 0 Å². The standard InChI is InChI=1S/C18H28N2O2/c1-19-7-9-20(10-8-19)13-15-6-4-5-14-11-17(21-2)18(22-3)12-16(14)15/h11-12,15H,4-10,13H2,1-3H3. The zero-order chi connectivity index (χ0) is 15.5. The molecular weight excluding hydrogens is 276 g/mol. The second kappa shape index (κ2) is 6.88. The van der Waals surface area contributed by atoms with Gasteiger partial charge in [-0.3, -0.25) is 0 Å². The molecule has 0 N–H and O–H groups in total. The maximum absolute atomic E-state index is 5.51. The summed E-state index contributed by atoms with van der Waals surface area (Å²) < 4.78 is 11.0. The zero-order valence-electron chi connectivity index (χ0n) is 14.1. The van der Waals surface area contributed by atoms with E-state index in [4.69, 9.17) is 9.47 Å². The van der Waals surface area contributed by atoms with Gasteiger partial charge in [0.15, 0.2) is 11.5 Å². The van der Waals surface area contributed by atoms with Crippen LogP contribution in [0.25, 0.3) is 0 Å². The molecule has 1 fully saturated rings. The molecule has 1 aliphatic heterocycles. The van der Waals surface area contributed by atoms with Gasteiger partial charge in [-0.1, -0.05) is 0 Å². The molecule has 1 atom stereocenters. The number of rotatable bonds is 4. The molecule has 1 unspecified atom stereocenters. The second-order valence-electron chi connectivity index (χ2n) is 6.60. The summed E-state index contributed by atoms with van der Waals surface area (Å²) in [5.41, 5.74) is 2.92. The maximum atomic E-state index is 5.51. The number of ether oxygens (including phenoxy) is 2. The third kappa shape index (κ3) is 3.23. The van der Waals surface area contributed by atoms with E-state index in [1.807, 2.05) is 0 Å². The lowest BCUT2D eigenvalue weighted by Crippen LogP contribution is -2.46. The molecule has 1 saturated heterocycles. The molecule has 4 heteroatoms. The van der Waals surface area contributed by atoms with Crippen molar-refractivity contribution < 1.29 is 9.47 Å². The first-order chi connectivity index (χ1) is 10.7. The van der Waals surface area contributed by atoms with Crippen LogP contribution in [0.4, 0.5) is 0 Å². The van der Waals surface area contributed by atoms with E-state index >= 15 is 0 Å². The number of nitrogens with zero attached hydrogens (tertiary/aromatic N) is 2. The SMILES string of the molecule is COc1cc2c(cc1OC)C(CN1CCN(C)CC1)CCC2. The van der Waals surface area contributed by atoms with Crippen molar-refractivity contribution in [2.45, 2.75) is 25.2 Å². The minimum atomic E-state index is 0.631. The fourth-order valence-corrected chi connectivity index (χ4v) is 3.76. The van der Waals surface area contributed by atoms with Crippen molar-refractivity contribution in [1.82, 2.24) is 9.80 Å². The van der Waals surface area contributed by atoms with Crippen LogP contribution in [-0.2, 0) is 6.42 Å². The van der Waals surface area contributed by atoms with Gasteiger partial charge in [0, 0.05) is 32.7 Å². The zero-order valence-corrected chi connectivity index (χ0v) is 14.1. The van der Waals surface area contributed by atoms with Crippen LogP contribution in [-0.4, -0.2) is 63.8 Å². The first-order valence-corrected chi connectivity index (χ1v) is 8.37. The molecule has 1 aromatic carbocycles. The predicted octanol–water partition coefficient (Wildman–Crippen LogP) is 2.37. The van der Waals surface area contributed by atoms with Gasteiger partial charge in [-0.15, -0.1) is 0 Å². The lowest BCUT2D eigenvalue weighted by Gasteiger charge is -2.36. The summed E-state index contributed by atoms with van der Waals surface area (Å²) in [6.45, 7) is 5.93. The normalized spacial score (nSPS) is 23.1. The van der Waals surface area contributed by atoms with Crippen LogP contribution in [0.15, 0.2) is 12.1 Å². The molecular formula is C18H28N2O2. The van der Waals surface area contributed by atoms with Gasteiger partial charge in [0.1, 0.15) is 0 Å². The van der Waals surface area contributed by atoms with E-state index in [-0.39, 0.29) is 0 Å². The summed E-state index contributed by atoms with van der Waals surface area (Å²) in [5, 5.41) is 0. The number of hydrogen-bond donors (Lipinski definition) is 0. The lowest BCUT2D eigenvalue weighted by molar-refractivity contribution is 0.144. The van der Waals surface area contributed by atoms with E-state index < -0.39 is 0 Å². The van der Waals surface area contributed by atoms with Crippen LogP contribution in [0.1, 0.15) is 29.9 Å². The van der Waals surface area contributed by atoms with Gasteiger partial charge in [-0.05, 0) is 55.5 Å². The molecule has 4 nitrogen and oxygen atoms in total. The molecule has 3 rings (SSSR count). The van der Waals surface area contributed by atoms with Gasteiger partial charge in [-0.2, -0.15) is 0 Å². The van der Waals surface area contributed by atoms with Gasteiger partial charge < -0.3 is 19.3 Å². The van der Waals surface area contributed by atoms with Gasteiger partial charge in [0.2, 0.25) is 0 Å². The molecule has 0 spiro atoms. The number of benzene rings is 1. The smallest absolute Gasteiger partial charge is 0.161 e. The van der Waals surface area contributed by atoms with Crippen LogP contribution in [0, 0.1) is 0 Å². The highest BCUT2D eigenvalue weighted by Crippen LogP contribution is 2.39. The molecule has 0 radical (unpaired) electrons. The van der Waals surface area contributed by atoms with Crippen molar-refractivity contribution in [2.75, 3.05) is 54.0 Å². The average Bonchev–Trinajstić information content (AvgIpc) is 2.56. The summed E-state index contributed by atoms with van der Waals surface area (Å²) >= 11 is 0. The van der Waals surface area contributed by atoms with E-state index in [0.717, 1.165) is 17.9 Å². The maximum Gasteiger partial charge on any atom is 0.161 e. The third-order valence-corrected chi connectivity index (χ3v) is 5.16. The Balaban J connectivity index is 1.78. The van der Waals surface area contributed by atoms with Crippen LogP contribution < -0.4 is 9.47 Å². The number of piperazine rings is 1. The summed E-state index contributed by atoms with van der Waals surface area (Å²) in [7, 11) is 5.65. The molecule has 0 bridgehead atoms. The monoisotopic (exact) mass is 304 g/mol. The Hall–Kier alpha value is -1.26. The number of hydrogen-bond acceptors (Lipinski definition) is 4. The van der Waals surface area contributed by atoms with Crippen LogP contribution in [0.5, 0.6) is 11.5 Å². The molecule has 22 heavy (non-hydrogen) atoms. The predicted molar refractivity (Wildman–Crippen MR) is 89.2 cm³/mol. The Morgan fingerprint density at radius 3 is 2.41 bits per heavy atom. The van der Waals surface area contributed by atoms with E-state index in [0.29, 0.717) is 5.92 Å². The van der Waals surface area contributed by atoms with Gasteiger partial charge in [0.05, 0.1) is 14.2 Å². The Bertz CT molecular complexity index is 510. The van der Waals surface area contributed by atoms with E-state index in [2.05, 4.69) is 29.0 Å². The highest BCUT2D eigenvalue weighted by Gasteiger charge is 2.25. The molecule has 1 aliphatic carbocycles. The Labute approximate surface area is 134 Å². The summed E-state index contributed by atoms with van der Waals surface area (Å²) in [6, 6.07) is 4.40. The molecule has 1 aromatic rings. The number of fused-ring (bicyclic) bond motifs is 1. The van der Waals surface area contributed by atoms with Crippen molar-refractivity contribution in [3.05, 3.63) is 23.3 Å². The van der Waals surface area contributed by atoms with Gasteiger partial charge in [-0.25, -0.2) is 0 Å². The highest BCUT2D eigenvalue weighted by atomic mass is 16.5. The molecule has 0 amide bonds. The van der Waals surface area contributed by atoms with Crippen LogP contribution in [0.3, 0.4) is 0 Å². The van der Waals surface area contributed by atoms with Crippen molar-refractivity contribution in [3.63, 3.8) is 0 Å². The van der Waals surface area contributed by atoms with E-state index in [1.54, 1.807) is 14.2 Å². The fraction of sp³-hybridized carbons (Fsp3) is 0.667. The number of aryl methyl sites for hydroxylation is 1. The van der Waals surface area contributed by atoms with Crippen molar-refractivity contribution in [1.29, 1.82) is 0 Å².